The van der Waals surface area contributed by atoms with Crippen molar-refractivity contribution in [2.45, 2.75) is 17.7 Å². The molecule has 0 radical (unpaired) electrons. The van der Waals surface area contributed by atoms with Gasteiger partial charge in [-0.1, -0.05) is 30.3 Å². The Bertz CT molecular complexity index is 541. The van der Waals surface area contributed by atoms with Gasteiger partial charge in [0.1, 0.15) is 0 Å². The molecule has 0 aromatic heterocycles. The lowest BCUT2D eigenvalue weighted by molar-refractivity contribution is 0.949. The van der Waals surface area contributed by atoms with Crippen LogP contribution in [-0.2, 0) is 0 Å². The van der Waals surface area contributed by atoms with E-state index >= 15 is 0 Å². The van der Waals surface area contributed by atoms with Gasteiger partial charge >= 0.3 is 0 Å². The average Bonchev–Trinajstić information content (AvgIpc) is 3.01. The highest BCUT2D eigenvalue weighted by Gasteiger charge is 2.15. The van der Waals surface area contributed by atoms with Crippen LogP contribution >= 0.6 is 11.8 Å². The van der Waals surface area contributed by atoms with E-state index in [1.54, 1.807) is 11.8 Å². The second kappa shape index (κ2) is 5.70. The molecule has 1 nitrogen and oxygen atoms in total. The smallest absolute Gasteiger partial charge is 0.0445 e. The van der Waals surface area contributed by atoms with Gasteiger partial charge in [-0.05, 0) is 42.9 Å². The van der Waals surface area contributed by atoms with Crippen LogP contribution < -0.4 is 4.90 Å². The summed E-state index contributed by atoms with van der Waals surface area (Å²) < 4.78 is 0. The third kappa shape index (κ3) is 2.64. The zero-order valence-corrected chi connectivity index (χ0v) is 12.1. The van der Waals surface area contributed by atoms with Crippen molar-refractivity contribution in [2.75, 3.05) is 24.2 Å². The van der Waals surface area contributed by atoms with Gasteiger partial charge in [-0.2, -0.15) is 0 Å². The van der Waals surface area contributed by atoms with Gasteiger partial charge < -0.3 is 4.90 Å². The Balaban J connectivity index is 1.98. The quantitative estimate of drug-likeness (QED) is 0.745. The van der Waals surface area contributed by atoms with E-state index < -0.39 is 0 Å². The molecule has 2 aromatic carbocycles. The molecule has 1 heterocycles. The Morgan fingerprint density at radius 1 is 0.895 bits per heavy atom. The Kier molecular flexibility index (Phi) is 3.79. The summed E-state index contributed by atoms with van der Waals surface area (Å²) in [7, 11) is 0. The topological polar surface area (TPSA) is 3.24 Å². The van der Waals surface area contributed by atoms with E-state index in [-0.39, 0.29) is 0 Å². The second-order valence-corrected chi connectivity index (χ2v) is 5.82. The summed E-state index contributed by atoms with van der Waals surface area (Å²) in [5, 5.41) is 0. The van der Waals surface area contributed by atoms with E-state index in [1.165, 1.54) is 47.6 Å². The van der Waals surface area contributed by atoms with Gasteiger partial charge in [0.15, 0.2) is 0 Å². The van der Waals surface area contributed by atoms with Gasteiger partial charge in [-0.15, -0.1) is 11.8 Å². The number of nitrogens with zero attached hydrogens (tertiary/aromatic N) is 1. The van der Waals surface area contributed by atoms with Gasteiger partial charge in [0, 0.05) is 29.2 Å². The van der Waals surface area contributed by atoms with Gasteiger partial charge in [0.25, 0.3) is 0 Å². The van der Waals surface area contributed by atoms with Gasteiger partial charge in [-0.25, -0.2) is 0 Å². The van der Waals surface area contributed by atoms with E-state index in [0.29, 0.717) is 0 Å². The minimum absolute atomic E-state index is 1.19. The fourth-order valence-electron chi connectivity index (χ4n) is 2.72. The van der Waals surface area contributed by atoms with Crippen LogP contribution in [0.1, 0.15) is 12.8 Å². The van der Waals surface area contributed by atoms with Crippen molar-refractivity contribution in [1.82, 2.24) is 0 Å². The molecule has 1 aliphatic rings. The summed E-state index contributed by atoms with van der Waals surface area (Å²) in [6.07, 6.45) is 4.76. The van der Waals surface area contributed by atoms with Crippen molar-refractivity contribution >= 4 is 17.4 Å². The molecular formula is C17H19NS. The van der Waals surface area contributed by atoms with Gasteiger partial charge in [0.05, 0.1) is 0 Å². The van der Waals surface area contributed by atoms with Crippen molar-refractivity contribution in [2.24, 2.45) is 0 Å². The first kappa shape index (κ1) is 12.6. The predicted octanol–water partition coefficient (Wildman–Crippen LogP) is 4.68. The van der Waals surface area contributed by atoms with E-state index in [1.807, 2.05) is 0 Å². The molecule has 98 valence electrons. The van der Waals surface area contributed by atoms with Gasteiger partial charge in [-0.3, -0.25) is 0 Å². The van der Waals surface area contributed by atoms with Crippen LogP contribution in [0.2, 0.25) is 0 Å². The number of hydrogen-bond acceptors (Lipinski definition) is 2. The lowest BCUT2D eigenvalue weighted by atomic mass is 10.0. The zero-order chi connectivity index (χ0) is 13.1. The molecule has 19 heavy (non-hydrogen) atoms. The molecule has 2 heteroatoms. The third-order valence-corrected chi connectivity index (χ3v) is 4.50. The molecule has 1 aliphatic heterocycles. The number of benzene rings is 2. The fourth-order valence-corrected chi connectivity index (χ4v) is 3.13. The summed E-state index contributed by atoms with van der Waals surface area (Å²) in [5.41, 5.74) is 4.06. The van der Waals surface area contributed by atoms with Crippen LogP contribution in [0.3, 0.4) is 0 Å². The molecule has 0 saturated carbocycles. The molecule has 0 unspecified atom stereocenters. The standard InChI is InChI=1S/C17H19NS/c1-19-15-10-8-14(9-11-15)16-6-2-3-7-17(16)18-12-4-5-13-18/h2-3,6-11H,4-5,12-13H2,1H3. The van der Waals surface area contributed by atoms with Crippen LogP contribution in [0.5, 0.6) is 0 Å². The van der Waals surface area contributed by atoms with Crippen LogP contribution in [0.15, 0.2) is 53.4 Å². The fraction of sp³-hybridized carbons (Fsp3) is 0.294. The molecule has 3 rings (SSSR count). The summed E-state index contributed by atoms with van der Waals surface area (Å²) in [4.78, 5) is 3.83. The van der Waals surface area contributed by atoms with E-state index in [0.717, 1.165) is 0 Å². The first-order valence-electron chi connectivity index (χ1n) is 6.87. The highest BCUT2D eigenvalue weighted by molar-refractivity contribution is 7.98. The first-order valence-corrected chi connectivity index (χ1v) is 8.09. The average molecular weight is 269 g/mol. The Morgan fingerprint density at radius 3 is 2.26 bits per heavy atom. The number of hydrogen-bond donors (Lipinski definition) is 0. The molecule has 1 fully saturated rings. The lowest BCUT2D eigenvalue weighted by Gasteiger charge is -2.21. The minimum Gasteiger partial charge on any atom is -0.371 e. The number of rotatable bonds is 3. The SMILES string of the molecule is CSc1ccc(-c2ccccc2N2CCCC2)cc1. The predicted molar refractivity (Wildman–Crippen MR) is 85.1 cm³/mol. The maximum absolute atomic E-state index is 2.51. The third-order valence-electron chi connectivity index (χ3n) is 3.75. The maximum Gasteiger partial charge on any atom is 0.0445 e. The van der Waals surface area contributed by atoms with E-state index in [2.05, 4.69) is 59.7 Å². The lowest BCUT2D eigenvalue weighted by Crippen LogP contribution is -2.18. The largest absolute Gasteiger partial charge is 0.371 e. The molecular weight excluding hydrogens is 250 g/mol. The summed E-state index contributed by atoms with van der Waals surface area (Å²) in [5.74, 6) is 0. The first-order chi connectivity index (χ1) is 9.38. The Labute approximate surface area is 119 Å². The number of anilines is 1. The molecule has 0 aliphatic carbocycles. The molecule has 0 amide bonds. The van der Waals surface area contributed by atoms with Crippen LogP contribution in [-0.4, -0.2) is 19.3 Å². The zero-order valence-electron chi connectivity index (χ0n) is 11.3. The molecule has 0 N–H and O–H groups in total. The number of para-hydroxylation sites is 1. The highest BCUT2D eigenvalue weighted by Crippen LogP contribution is 2.33. The normalized spacial score (nSPS) is 14.9. The Hall–Kier alpha value is -1.41. The van der Waals surface area contributed by atoms with Crippen molar-refractivity contribution < 1.29 is 0 Å². The maximum atomic E-state index is 2.51. The van der Waals surface area contributed by atoms with E-state index in [4.69, 9.17) is 0 Å². The second-order valence-electron chi connectivity index (χ2n) is 4.94. The number of thioether (sulfide) groups is 1. The van der Waals surface area contributed by atoms with E-state index in [9.17, 15) is 0 Å². The van der Waals surface area contributed by atoms with Crippen molar-refractivity contribution in [3.8, 4) is 11.1 Å². The minimum atomic E-state index is 1.19. The van der Waals surface area contributed by atoms with Crippen LogP contribution in [0, 0.1) is 0 Å². The van der Waals surface area contributed by atoms with Crippen molar-refractivity contribution in [3.63, 3.8) is 0 Å². The van der Waals surface area contributed by atoms with Crippen LogP contribution in [0.25, 0.3) is 11.1 Å². The monoisotopic (exact) mass is 269 g/mol. The summed E-state index contributed by atoms with van der Waals surface area (Å²) >= 11 is 1.79. The van der Waals surface area contributed by atoms with Gasteiger partial charge in [0.2, 0.25) is 0 Å². The molecule has 2 aromatic rings. The summed E-state index contributed by atoms with van der Waals surface area (Å²) in [6.45, 7) is 2.39. The molecule has 0 spiro atoms. The van der Waals surface area contributed by atoms with Crippen LogP contribution in [0.4, 0.5) is 5.69 Å². The molecule has 0 bridgehead atoms. The summed E-state index contributed by atoms with van der Waals surface area (Å²) in [6, 6.07) is 17.7. The Morgan fingerprint density at radius 2 is 1.58 bits per heavy atom. The molecule has 1 saturated heterocycles. The van der Waals surface area contributed by atoms with Crippen molar-refractivity contribution in [3.05, 3.63) is 48.5 Å². The highest BCUT2D eigenvalue weighted by atomic mass is 32.2. The van der Waals surface area contributed by atoms with Crippen molar-refractivity contribution in [1.29, 1.82) is 0 Å². The molecule has 0 atom stereocenters.